The number of aromatic nitrogens is 1. The van der Waals surface area contributed by atoms with Crippen LogP contribution in [0.3, 0.4) is 0 Å². The van der Waals surface area contributed by atoms with Crippen LogP contribution in [0.5, 0.6) is 0 Å². The zero-order valence-electron chi connectivity index (χ0n) is 12.3. The maximum Gasteiger partial charge on any atom is 0.324 e. The Morgan fingerprint density at radius 2 is 2.14 bits per heavy atom. The largest absolute Gasteiger partial charge is 0.480 e. The van der Waals surface area contributed by atoms with Crippen LogP contribution < -0.4 is 4.72 Å². The number of carboxylic acid groups (broad SMARTS) is 1. The van der Waals surface area contributed by atoms with Crippen molar-refractivity contribution in [2.45, 2.75) is 56.9 Å². The summed E-state index contributed by atoms with van der Waals surface area (Å²) in [6.45, 7) is 4.94. The molecule has 0 spiro atoms. The van der Waals surface area contributed by atoms with Crippen LogP contribution in [-0.4, -0.2) is 30.2 Å². The quantitative estimate of drug-likeness (QED) is 0.873. The molecule has 0 saturated heterocycles. The molecule has 0 aliphatic heterocycles. The van der Waals surface area contributed by atoms with Crippen molar-refractivity contribution in [2.24, 2.45) is 5.92 Å². The molecule has 1 fully saturated rings. The van der Waals surface area contributed by atoms with Gasteiger partial charge in [0.15, 0.2) is 5.76 Å². The summed E-state index contributed by atoms with van der Waals surface area (Å²) in [6, 6.07) is 0. The van der Waals surface area contributed by atoms with Crippen molar-refractivity contribution >= 4 is 16.0 Å². The predicted molar refractivity (Wildman–Crippen MR) is 74.3 cm³/mol. The fourth-order valence-corrected chi connectivity index (χ4v) is 4.78. The first-order valence-electron chi connectivity index (χ1n) is 6.88. The molecule has 0 radical (unpaired) electrons. The molecule has 0 bridgehead atoms. The molecule has 1 aliphatic rings. The van der Waals surface area contributed by atoms with Crippen molar-refractivity contribution < 1.29 is 22.8 Å². The molecule has 8 heteroatoms. The molecule has 0 aromatic carbocycles. The Labute approximate surface area is 123 Å². The Kier molecular flexibility index (Phi) is 4.12. The number of carbonyl (C=O) groups is 1. The third-order valence-corrected chi connectivity index (χ3v) is 5.75. The van der Waals surface area contributed by atoms with E-state index in [0.717, 1.165) is 6.42 Å². The Bertz CT molecular complexity index is 632. The van der Waals surface area contributed by atoms with E-state index >= 15 is 0 Å². The van der Waals surface area contributed by atoms with E-state index < -0.39 is 21.5 Å². The van der Waals surface area contributed by atoms with Crippen molar-refractivity contribution in [3.05, 3.63) is 11.5 Å². The average Bonchev–Trinajstić information content (AvgIpc) is 2.68. The number of nitrogens with zero attached hydrogens (tertiary/aromatic N) is 1. The minimum absolute atomic E-state index is 0.0682. The van der Waals surface area contributed by atoms with E-state index in [9.17, 15) is 18.3 Å². The molecule has 2 atom stereocenters. The summed E-state index contributed by atoms with van der Waals surface area (Å²) in [5.41, 5.74) is -1.23. The van der Waals surface area contributed by atoms with Crippen LogP contribution in [0.15, 0.2) is 9.42 Å². The molecule has 0 amide bonds. The van der Waals surface area contributed by atoms with Crippen LogP contribution in [-0.2, 0) is 14.8 Å². The van der Waals surface area contributed by atoms with E-state index in [1.807, 2.05) is 6.92 Å². The SMILES string of the molecule is Cc1noc(C)c1S(=O)(=O)NC1(C(=O)O)CCCC(C)C1. The van der Waals surface area contributed by atoms with E-state index in [1.54, 1.807) is 0 Å². The number of aliphatic carboxylic acids is 1. The van der Waals surface area contributed by atoms with E-state index in [2.05, 4.69) is 9.88 Å². The molecule has 2 rings (SSSR count). The van der Waals surface area contributed by atoms with Gasteiger partial charge < -0.3 is 9.63 Å². The molecule has 1 heterocycles. The zero-order chi connectivity index (χ0) is 15.8. The molecule has 118 valence electrons. The van der Waals surface area contributed by atoms with E-state index in [-0.39, 0.29) is 35.1 Å². The van der Waals surface area contributed by atoms with Gasteiger partial charge in [-0.1, -0.05) is 24.9 Å². The van der Waals surface area contributed by atoms with Gasteiger partial charge >= 0.3 is 5.97 Å². The van der Waals surface area contributed by atoms with E-state index in [4.69, 9.17) is 4.52 Å². The highest BCUT2D eigenvalue weighted by Gasteiger charge is 2.46. The maximum absolute atomic E-state index is 12.5. The summed E-state index contributed by atoms with van der Waals surface area (Å²) < 4.78 is 32.4. The van der Waals surface area contributed by atoms with Crippen molar-refractivity contribution in [2.75, 3.05) is 0 Å². The first kappa shape index (κ1) is 16.0. The molecular formula is C13H20N2O5S. The molecule has 21 heavy (non-hydrogen) atoms. The van der Waals surface area contributed by atoms with Gasteiger partial charge in [-0.25, -0.2) is 8.42 Å². The summed E-state index contributed by atoms with van der Waals surface area (Å²) in [6.07, 6.45) is 2.15. The van der Waals surface area contributed by atoms with Gasteiger partial charge in [0.2, 0.25) is 10.0 Å². The monoisotopic (exact) mass is 316 g/mol. The van der Waals surface area contributed by atoms with Crippen molar-refractivity contribution in [3.8, 4) is 0 Å². The van der Waals surface area contributed by atoms with Gasteiger partial charge in [0.1, 0.15) is 16.1 Å². The number of hydrogen-bond acceptors (Lipinski definition) is 5. The number of aryl methyl sites for hydroxylation is 2. The van der Waals surface area contributed by atoms with Gasteiger partial charge in [-0.2, -0.15) is 4.72 Å². The van der Waals surface area contributed by atoms with Crippen LogP contribution >= 0.6 is 0 Å². The average molecular weight is 316 g/mol. The third-order valence-electron chi connectivity index (χ3n) is 3.97. The Balaban J connectivity index is 2.39. The lowest BCUT2D eigenvalue weighted by atomic mass is 9.77. The minimum atomic E-state index is -3.99. The smallest absolute Gasteiger partial charge is 0.324 e. The zero-order valence-corrected chi connectivity index (χ0v) is 13.2. The lowest BCUT2D eigenvalue weighted by Gasteiger charge is -2.36. The van der Waals surface area contributed by atoms with Crippen molar-refractivity contribution in [1.82, 2.24) is 9.88 Å². The van der Waals surface area contributed by atoms with Crippen LogP contribution in [0.1, 0.15) is 44.1 Å². The Morgan fingerprint density at radius 1 is 1.48 bits per heavy atom. The van der Waals surface area contributed by atoms with Gasteiger partial charge in [0, 0.05) is 0 Å². The highest BCUT2D eigenvalue weighted by molar-refractivity contribution is 7.89. The molecular weight excluding hydrogens is 296 g/mol. The highest BCUT2D eigenvalue weighted by atomic mass is 32.2. The lowest BCUT2D eigenvalue weighted by Crippen LogP contribution is -2.56. The molecule has 1 aromatic rings. The number of sulfonamides is 1. The molecule has 2 unspecified atom stereocenters. The van der Waals surface area contributed by atoms with Gasteiger partial charge in [0.25, 0.3) is 0 Å². The molecule has 1 saturated carbocycles. The number of carboxylic acids is 1. The second-order valence-electron chi connectivity index (χ2n) is 5.85. The Morgan fingerprint density at radius 3 is 2.62 bits per heavy atom. The summed E-state index contributed by atoms with van der Waals surface area (Å²) in [5.74, 6) is -0.823. The summed E-state index contributed by atoms with van der Waals surface area (Å²) in [4.78, 5) is 11.6. The van der Waals surface area contributed by atoms with Gasteiger partial charge in [-0.05, 0) is 32.6 Å². The van der Waals surface area contributed by atoms with Gasteiger partial charge in [-0.3, -0.25) is 4.79 Å². The van der Waals surface area contributed by atoms with E-state index in [0.29, 0.717) is 6.42 Å². The van der Waals surface area contributed by atoms with Crippen LogP contribution in [0.25, 0.3) is 0 Å². The second-order valence-corrected chi connectivity index (χ2v) is 7.47. The first-order valence-corrected chi connectivity index (χ1v) is 8.36. The van der Waals surface area contributed by atoms with Gasteiger partial charge in [-0.15, -0.1) is 0 Å². The topological polar surface area (TPSA) is 110 Å². The number of nitrogens with one attached hydrogen (secondary N) is 1. The fourth-order valence-electron chi connectivity index (χ4n) is 3.05. The maximum atomic E-state index is 12.5. The van der Waals surface area contributed by atoms with Crippen molar-refractivity contribution in [1.29, 1.82) is 0 Å². The standard InChI is InChI=1S/C13H20N2O5S/c1-8-5-4-6-13(7-8,12(16)17)15-21(18,19)11-9(2)14-20-10(11)3/h8,15H,4-7H2,1-3H3,(H,16,17). The fraction of sp³-hybridized carbons (Fsp3) is 0.692. The summed E-state index contributed by atoms with van der Waals surface area (Å²) >= 11 is 0. The molecule has 7 nitrogen and oxygen atoms in total. The normalized spacial score (nSPS) is 26.7. The number of rotatable bonds is 4. The molecule has 1 aliphatic carbocycles. The van der Waals surface area contributed by atoms with Crippen LogP contribution in [0, 0.1) is 19.8 Å². The summed E-state index contributed by atoms with van der Waals surface area (Å²) in [5, 5.41) is 13.2. The Hall–Kier alpha value is -1.41. The van der Waals surface area contributed by atoms with Crippen molar-refractivity contribution in [3.63, 3.8) is 0 Å². The molecule has 1 aromatic heterocycles. The minimum Gasteiger partial charge on any atom is -0.480 e. The lowest BCUT2D eigenvalue weighted by molar-refractivity contribution is -0.146. The number of hydrogen-bond donors (Lipinski definition) is 2. The van der Waals surface area contributed by atoms with Crippen LogP contribution in [0.4, 0.5) is 0 Å². The highest BCUT2D eigenvalue weighted by Crippen LogP contribution is 2.34. The first-order chi connectivity index (χ1) is 9.68. The predicted octanol–water partition coefficient (Wildman–Crippen LogP) is 1.60. The second kappa shape index (κ2) is 5.42. The van der Waals surface area contributed by atoms with E-state index in [1.165, 1.54) is 13.8 Å². The van der Waals surface area contributed by atoms with Gasteiger partial charge in [0.05, 0.1) is 0 Å². The van der Waals surface area contributed by atoms with Crippen LogP contribution in [0.2, 0.25) is 0 Å². The summed E-state index contributed by atoms with van der Waals surface area (Å²) in [7, 11) is -3.99. The third kappa shape index (κ3) is 2.96. The molecule has 2 N–H and O–H groups in total.